The van der Waals surface area contributed by atoms with Crippen molar-refractivity contribution in [2.45, 2.75) is 26.4 Å². The van der Waals surface area contributed by atoms with E-state index in [1.165, 1.54) is 17.0 Å². The highest BCUT2D eigenvalue weighted by atomic mass is 15.3. The van der Waals surface area contributed by atoms with E-state index in [0.717, 1.165) is 6.54 Å². The molecular formula is C12H18N4. The lowest BCUT2D eigenvalue weighted by molar-refractivity contribution is 0.565. The van der Waals surface area contributed by atoms with Crippen molar-refractivity contribution in [3.63, 3.8) is 0 Å². The van der Waals surface area contributed by atoms with Crippen LogP contribution in [-0.4, -0.2) is 14.8 Å². The molecule has 0 aliphatic rings. The van der Waals surface area contributed by atoms with E-state index in [1.54, 1.807) is 0 Å². The van der Waals surface area contributed by atoms with Crippen molar-refractivity contribution in [3.8, 4) is 0 Å². The summed E-state index contributed by atoms with van der Waals surface area (Å²) < 4.78 is 1.90. The van der Waals surface area contributed by atoms with Crippen LogP contribution in [0.15, 0.2) is 24.5 Å². The molecule has 1 unspecified atom stereocenters. The number of H-pyrrole nitrogens is 1. The van der Waals surface area contributed by atoms with Gasteiger partial charge < -0.3 is 10.3 Å². The van der Waals surface area contributed by atoms with E-state index in [4.69, 9.17) is 0 Å². The summed E-state index contributed by atoms with van der Waals surface area (Å²) in [4.78, 5) is 3.18. The van der Waals surface area contributed by atoms with Crippen LogP contribution in [-0.2, 0) is 13.6 Å². The average molecular weight is 218 g/mol. The predicted octanol–water partition coefficient (Wildman–Crippen LogP) is 1.91. The summed E-state index contributed by atoms with van der Waals surface area (Å²) in [6.45, 7) is 5.10. The maximum Gasteiger partial charge on any atom is 0.0540 e. The van der Waals surface area contributed by atoms with Crippen LogP contribution in [0.2, 0.25) is 0 Å². The predicted molar refractivity (Wildman–Crippen MR) is 64.0 cm³/mol. The Kier molecular flexibility index (Phi) is 3.10. The number of aromatic nitrogens is 3. The number of hydrogen-bond donors (Lipinski definition) is 2. The normalized spacial score (nSPS) is 12.9. The maximum atomic E-state index is 4.25. The highest BCUT2D eigenvalue weighted by molar-refractivity contribution is 5.19. The van der Waals surface area contributed by atoms with Crippen LogP contribution in [0.1, 0.15) is 29.9 Å². The Morgan fingerprint density at radius 3 is 2.94 bits per heavy atom. The van der Waals surface area contributed by atoms with Gasteiger partial charge >= 0.3 is 0 Å². The summed E-state index contributed by atoms with van der Waals surface area (Å²) in [6, 6.07) is 4.41. The fourth-order valence-electron chi connectivity index (χ4n) is 1.79. The van der Waals surface area contributed by atoms with Gasteiger partial charge in [-0.3, -0.25) is 4.68 Å². The molecule has 0 aromatic carbocycles. The molecule has 0 fully saturated rings. The molecule has 0 bridgehead atoms. The summed E-state index contributed by atoms with van der Waals surface area (Å²) in [7, 11) is 1.97. The third-order valence-electron chi connectivity index (χ3n) is 3.00. The van der Waals surface area contributed by atoms with E-state index in [9.17, 15) is 0 Å². The number of nitrogens with one attached hydrogen (secondary N) is 2. The van der Waals surface area contributed by atoms with Crippen molar-refractivity contribution in [2.75, 3.05) is 0 Å². The molecule has 2 heterocycles. The van der Waals surface area contributed by atoms with Crippen LogP contribution in [0.4, 0.5) is 0 Å². The Morgan fingerprint density at radius 2 is 2.38 bits per heavy atom. The van der Waals surface area contributed by atoms with Gasteiger partial charge in [-0.1, -0.05) is 0 Å². The first-order valence-corrected chi connectivity index (χ1v) is 5.52. The van der Waals surface area contributed by atoms with Crippen molar-refractivity contribution >= 4 is 0 Å². The molecule has 4 nitrogen and oxygen atoms in total. The zero-order valence-corrected chi connectivity index (χ0v) is 9.99. The molecule has 0 aliphatic carbocycles. The molecule has 16 heavy (non-hydrogen) atoms. The Balaban J connectivity index is 1.98. The summed E-state index contributed by atoms with van der Waals surface area (Å²) in [5.41, 5.74) is 3.67. The van der Waals surface area contributed by atoms with E-state index >= 15 is 0 Å². The van der Waals surface area contributed by atoms with Gasteiger partial charge in [-0.2, -0.15) is 5.10 Å². The first kappa shape index (κ1) is 11.0. The fourth-order valence-corrected chi connectivity index (χ4v) is 1.79. The minimum atomic E-state index is 0.317. The highest BCUT2D eigenvalue weighted by Crippen LogP contribution is 2.16. The smallest absolute Gasteiger partial charge is 0.0540 e. The monoisotopic (exact) mass is 218 g/mol. The summed E-state index contributed by atoms with van der Waals surface area (Å²) in [5, 5.41) is 7.72. The van der Waals surface area contributed by atoms with Gasteiger partial charge in [0, 0.05) is 42.8 Å². The molecular weight excluding hydrogens is 200 g/mol. The van der Waals surface area contributed by atoms with Gasteiger partial charge in [0.25, 0.3) is 0 Å². The van der Waals surface area contributed by atoms with Crippen molar-refractivity contribution < 1.29 is 0 Å². The lowest BCUT2D eigenvalue weighted by Crippen LogP contribution is -2.18. The summed E-state index contributed by atoms with van der Waals surface area (Å²) >= 11 is 0. The van der Waals surface area contributed by atoms with Crippen LogP contribution in [0.3, 0.4) is 0 Å². The van der Waals surface area contributed by atoms with Crippen molar-refractivity contribution in [1.29, 1.82) is 0 Å². The molecule has 0 spiro atoms. The number of aromatic amines is 1. The molecule has 86 valence electrons. The van der Waals surface area contributed by atoms with E-state index in [2.05, 4.69) is 35.3 Å². The van der Waals surface area contributed by atoms with Crippen molar-refractivity contribution in [1.82, 2.24) is 20.1 Å². The van der Waals surface area contributed by atoms with Gasteiger partial charge in [0.15, 0.2) is 0 Å². The molecule has 2 aromatic heterocycles. The van der Waals surface area contributed by atoms with Gasteiger partial charge in [-0.15, -0.1) is 0 Å². The molecule has 2 N–H and O–H groups in total. The second kappa shape index (κ2) is 4.53. The first-order chi connectivity index (χ1) is 7.68. The maximum absolute atomic E-state index is 4.25. The van der Waals surface area contributed by atoms with Crippen LogP contribution in [0.5, 0.6) is 0 Å². The lowest BCUT2D eigenvalue weighted by Gasteiger charge is -2.12. The number of aryl methyl sites for hydroxylation is 1. The Hall–Kier alpha value is -1.55. The van der Waals surface area contributed by atoms with Crippen LogP contribution < -0.4 is 5.32 Å². The van der Waals surface area contributed by atoms with E-state index in [1.807, 2.05) is 30.2 Å². The van der Waals surface area contributed by atoms with Gasteiger partial charge in [0.05, 0.1) is 6.20 Å². The van der Waals surface area contributed by atoms with Crippen LogP contribution in [0.25, 0.3) is 0 Å². The fraction of sp³-hybridized carbons (Fsp3) is 0.417. The Morgan fingerprint density at radius 1 is 1.56 bits per heavy atom. The minimum absolute atomic E-state index is 0.317. The Bertz CT molecular complexity index is 442. The second-order valence-electron chi connectivity index (χ2n) is 4.11. The van der Waals surface area contributed by atoms with E-state index in [-0.39, 0.29) is 0 Å². The number of rotatable bonds is 4. The Labute approximate surface area is 95.7 Å². The standard InChI is InChI=1S/C12H18N4/c1-9(12-8-15-16(3)10(12)2)14-7-11-5-4-6-13-11/h4-6,8-9,13-14H,7H2,1-3H3. The average Bonchev–Trinajstić information content (AvgIpc) is 2.88. The van der Waals surface area contributed by atoms with Crippen molar-refractivity contribution in [3.05, 3.63) is 41.5 Å². The minimum Gasteiger partial charge on any atom is -0.364 e. The SMILES string of the molecule is Cc1c(C(C)NCc2ccc[nH]2)cnn1C. The highest BCUT2D eigenvalue weighted by Gasteiger charge is 2.11. The molecule has 1 atom stereocenters. The molecule has 0 saturated carbocycles. The number of hydrogen-bond acceptors (Lipinski definition) is 2. The zero-order valence-electron chi connectivity index (χ0n) is 9.99. The summed E-state index contributed by atoms with van der Waals surface area (Å²) in [5.74, 6) is 0. The lowest BCUT2D eigenvalue weighted by atomic mass is 10.1. The largest absolute Gasteiger partial charge is 0.364 e. The molecule has 0 radical (unpaired) electrons. The summed E-state index contributed by atoms with van der Waals surface area (Å²) in [6.07, 6.45) is 3.87. The van der Waals surface area contributed by atoms with Crippen LogP contribution in [0, 0.1) is 6.92 Å². The van der Waals surface area contributed by atoms with Gasteiger partial charge in [-0.25, -0.2) is 0 Å². The molecule has 4 heteroatoms. The second-order valence-corrected chi connectivity index (χ2v) is 4.11. The van der Waals surface area contributed by atoms with Gasteiger partial charge in [0.2, 0.25) is 0 Å². The van der Waals surface area contributed by atoms with E-state index < -0.39 is 0 Å². The number of nitrogens with zero attached hydrogens (tertiary/aromatic N) is 2. The van der Waals surface area contributed by atoms with Gasteiger partial charge in [0.1, 0.15) is 0 Å². The molecule has 2 rings (SSSR count). The first-order valence-electron chi connectivity index (χ1n) is 5.52. The molecule has 0 amide bonds. The van der Waals surface area contributed by atoms with Crippen LogP contribution >= 0.6 is 0 Å². The molecule has 0 aliphatic heterocycles. The van der Waals surface area contributed by atoms with Gasteiger partial charge in [-0.05, 0) is 26.0 Å². The topological polar surface area (TPSA) is 45.6 Å². The zero-order chi connectivity index (χ0) is 11.5. The third-order valence-corrected chi connectivity index (χ3v) is 3.00. The van der Waals surface area contributed by atoms with Crippen molar-refractivity contribution in [2.24, 2.45) is 7.05 Å². The molecule has 2 aromatic rings. The quantitative estimate of drug-likeness (QED) is 0.823. The molecule has 0 saturated heterocycles. The third kappa shape index (κ3) is 2.17. The van der Waals surface area contributed by atoms with E-state index in [0.29, 0.717) is 6.04 Å².